The molecule has 0 aliphatic heterocycles. The summed E-state index contributed by atoms with van der Waals surface area (Å²) < 4.78 is 19.0. The van der Waals surface area contributed by atoms with Crippen LogP contribution in [0, 0.1) is 5.82 Å². The molecule has 0 aliphatic carbocycles. The van der Waals surface area contributed by atoms with E-state index in [1.165, 1.54) is 6.07 Å². The lowest BCUT2D eigenvalue weighted by atomic mass is 10.2. The predicted octanol–water partition coefficient (Wildman–Crippen LogP) is 2.75. The Kier molecular flexibility index (Phi) is 3.82. The standard InChI is InChI=1S/C12H13ClFN5O2/c1-12(2,3)21-11(20)16-6-4-5(13)7(14)9-8(6)18-19-10(15)17-9/h4H,1-3H3,(H,16,20)(H2,15,17,19). The van der Waals surface area contributed by atoms with E-state index < -0.39 is 17.5 Å². The molecule has 9 heteroatoms. The number of benzene rings is 1. The lowest BCUT2D eigenvalue weighted by Crippen LogP contribution is -2.27. The number of carbonyl (C=O) groups excluding carboxylic acids is 1. The fourth-order valence-corrected chi connectivity index (χ4v) is 1.75. The van der Waals surface area contributed by atoms with Gasteiger partial charge < -0.3 is 10.5 Å². The molecule has 0 atom stereocenters. The summed E-state index contributed by atoms with van der Waals surface area (Å²) in [4.78, 5) is 15.5. The lowest BCUT2D eigenvalue weighted by Gasteiger charge is -2.20. The monoisotopic (exact) mass is 313 g/mol. The molecule has 0 unspecified atom stereocenters. The van der Waals surface area contributed by atoms with E-state index in [1.807, 2.05) is 0 Å². The minimum absolute atomic E-state index is 0.0250. The minimum Gasteiger partial charge on any atom is -0.444 e. The van der Waals surface area contributed by atoms with Gasteiger partial charge in [0, 0.05) is 0 Å². The van der Waals surface area contributed by atoms with Crippen LogP contribution in [0.3, 0.4) is 0 Å². The molecular weight excluding hydrogens is 301 g/mol. The molecule has 0 saturated carbocycles. The van der Waals surface area contributed by atoms with Gasteiger partial charge in [-0.3, -0.25) is 5.32 Å². The van der Waals surface area contributed by atoms with Crippen molar-refractivity contribution in [3.8, 4) is 0 Å². The Labute approximate surface area is 124 Å². The van der Waals surface area contributed by atoms with Gasteiger partial charge in [-0.1, -0.05) is 11.6 Å². The van der Waals surface area contributed by atoms with Crippen molar-refractivity contribution in [2.24, 2.45) is 0 Å². The normalized spacial score (nSPS) is 11.5. The average Bonchev–Trinajstić information content (AvgIpc) is 2.33. The highest BCUT2D eigenvalue weighted by Gasteiger charge is 2.20. The quantitative estimate of drug-likeness (QED) is 0.839. The van der Waals surface area contributed by atoms with Crippen LogP contribution >= 0.6 is 11.6 Å². The van der Waals surface area contributed by atoms with Crippen molar-refractivity contribution in [2.45, 2.75) is 26.4 Å². The van der Waals surface area contributed by atoms with Crippen LogP contribution in [0.1, 0.15) is 20.8 Å². The fourth-order valence-electron chi connectivity index (χ4n) is 1.55. The Bertz CT molecular complexity index is 717. The van der Waals surface area contributed by atoms with Gasteiger partial charge in [-0.15, -0.1) is 10.2 Å². The summed E-state index contributed by atoms with van der Waals surface area (Å²) in [7, 11) is 0. The van der Waals surface area contributed by atoms with Crippen LogP contribution in [0.2, 0.25) is 5.02 Å². The highest BCUT2D eigenvalue weighted by atomic mass is 35.5. The first kappa shape index (κ1) is 15.2. The highest BCUT2D eigenvalue weighted by molar-refractivity contribution is 6.32. The first-order valence-corrected chi connectivity index (χ1v) is 6.33. The van der Waals surface area contributed by atoms with Gasteiger partial charge in [0.1, 0.15) is 16.6 Å². The molecule has 0 bridgehead atoms. The zero-order valence-electron chi connectivity index (χ0n) is 11.6. The maximum absolute atomic E-state index is 13.9. The number of fused-ring (bicyclic) bond motifs is 1. The molecule has 1 aromatic heterocycles. The van der Waals surface area contributed by atoms with Crippen LogP contribution in [-0.4, -0.2) is 26.9 Å². The van der Waals surface area contributed by atoms with E-state index >= 15 is 0 Å². The van der Waals surface area contributed by atoms with E-state index in [0.717, 1.165) is 0 Å². The van der Waals surface area contributed by atoms with E-state index in [4.69, 9.17) is 22.1 Å². The number of nitrogens with one attached hydrogen (secondary N) is 1. The third-order valence-corrected chi connectivity index (χ3v) is 2.56. The molecule has 0 radical (unpaired) electrons. The van der Waals surface area contributed by atoms with Crippen LogP contribution in [0.25, 0.3) is 11.0 Å². The predicted molar refractivity (Wildman–Crippen MR) is 76.6 cm³/mol. The van der Waals surface area contributed by atoms with Crippen LogP contribution in [0.5, 0.6) is 0 Å². The summed E-state index contributed by atoms with van der Waals surface area (Å²) in [5.41, 5.74) is 4.66. The van der Waals surface area contributed by atoms with Crippen LogP contribution < -0.4 is 11.1 Å². The number of nitrogens with zero attached hydrogens (tertiary/aromatic N) is 3. The molecule has 0 saturated heterocycles. The average molecular weight is 314 g/mol. The number of carbonyl (C=O) groups is 1. The van der Waals surface area contributed by atoms with Gasteiger partial charge in [-0.05, 0) is 26.8 Å². The number of nitrogen functional groups attached to an aromatic ring is 1. The maximum atomic E-state index is 13.9. The summed E-state index contributed by atoms with van der Waals surface area (Å²) in [5.74, 6) is -0.991. The van der Waals surface area contributed by atoms with Crippen molar-refractivity contribution in [3.63, 3.8) is 0 Å². The topological polar surface area (TPSA) is 103 Å². The first-order chi connectivity index (χ1) is 9.67. The second-order valence-corrected chi connectivity index (χ2v) is 5.62. The molecule has 0 spiro atoms. The molecule has 1 amide bonds. The van der Waals surface area contributed by atoms with Crippen molar-refractivity contribution in [1.82, 2.24) is 15.2 Å². The molecule has 7 nitrogen and oxygen atoms in total. The van der Waals surface area contributed by atoms with E-state index in [0.29, 0.717) is 0 Å². The lowest BCUT2D eigenvalue weighted by molar-refractivity contribution is 0.0636. The Morgan fingerprint density at radius 2 is 2.05 bits per heavy atom. The van der Waals surface area contributed by atoms with E-state index in [2.05, 4.69) is 20.5 Å². The van der Waals surface area contributed by atoms with Crippen LogP contribution in [-0.2, 0) is 4.74 Å². The molecule has 0 aliphatic rings. The molecule has 3 N–H and O–H groups in total. The number of ether oxygens (including phenoxy) is 1. The van der Waals surface area contributed by atoms with E-state index in [-0.39, 0.29) is 27.7 Å². The number of hydrogen-bond acceptors (Lipinski definition) is 6. The third-order valence-electron chi connectivity index (χ3n) is 2.28. The number of aromatic nitrogens is 3. The zero-order chi connectivity index (χ0) is 15.8. The van der Waals surface area contributed by atoms with Gasteiger partial charge in [0.05, 0.1) is 10.7 Å². The maximum Gasteiger partial charge on any atom is 0.412 e. The molecule has 1 aromatic carbocycles. The van der Waals surface area contributed by atoms with Gasteiger partial charge in [0.2, 0.25) is 5.95 Å². The summed E-state index contributed by atoms with van der Waals surface area (Å²) in [5, 5.41) is 9.47. The molecular formula is C12H13ClFN5O2. The number of nitrogens with two attached hydrogens (primary N) is 1. The van der Waals surface area contributed by atoms with Crippen molar-refractivity contribution in [3.05, 3.63) is 16.9 Å². The SMILES string of the molecule is CC(C)(C)OC(=O)Nc1cc(Cl)c(F)c2nc(N)nnc12. The van der Waals surface area contributed by atoms with Crippen molar-refractivity contribution < 1.29 is 13.9 Å². The van der Waals surface area contributed by atoms with Gasteiger partial charge in [-0.25, -0.2) is 14.2 Å². The van der Waals surface area contributed by atoms with Gasteiger partial charge in [0.25, 0.3) is 0 Å². The van der Waals surface area contributed by atoms with Gasteiger partial charge >= 0.3 is 6.09 Å². The highest BCUT2D eigenvalue weighted by Crippen LogP contribution is 2.29. The third kappa shape index (κ3) is 3.46. The zero-order valence-corrected chi connectivity index (χ0v) is 12.3. The summed E-state index contributed by atoms with van der Waals surface area (Å²) in [6, 6.07) is 1.20. The van der Waals surface area contributed by atoms with Crippen LogP contribution in [0.15, 0.2) is 6.07 Å². The Hall–Kier alpha value is -2.22. The smallest absolute Gasteiger partial charge is 0.412 e. The second kappa shape index (κ2) is 5.28. The molecule has 21 heavy (non-hydrogen) atoms. The minimum atomic E-state index is -0.789. The summed E-state index contributed by atoms with van der Waals surface area (Å²) in [6.45, 7) is 5.14. The number of anilines is 2. The van der Waals surface area contributed by atoms with Crippen molar-refractivity contribution in [1.29, 1.82) is 0 Å². The molecule has 112 valence electrons. The number of halogens is 2. The number of amides is 1. The number of rotatable bonds is 1. The van der Waals surface area contributed by atoms with E-state index in [1.54, 1.807) is 20.8 Å². The van der Waals surface area contributed by atoms with Gasteiger partial charge in [0.15, 0.2) is 5.82 Å². The van der Waals surface area contributed by atoms with E-state index in [9.17, 15) is 9.18 Å². The Morgan fingerprint density at radius 3 is 2.67 bits per heavy atom. The van der Waals surface area contributed by atoms with Gasteiger partial charge in [-0.2, -0.15) is 0 Å². The second-order valence-electron chi connectivity index (χ2n) is 5.21. The Morgan fingerprint density at radius 1 is 1.38 bits per heavy atom. The summed E-state index contributed by atoms with van der Waals surface area (Å²) in [6.07, 6.45) is -0.731. The fraction of sp³-hybridized carbons (Fsp3) is 0.333. The molecule has 1 heterocycles. The van der Waals surface area contributed by atoms with Crippen molar-refractivity contribution >= 4 is 40.4 Å². The van der Waals surface area contributed by atoms with Crippen molar-refractivity contribution in [2.75, 3.05) is 11.1 Å². The number of hydrogen-bond donors (Lipinski definition) is 2. The molecule has 2 aromatic rings. The summed E-state index contributed by atoms with van der Waals surface area (Å²) >= 11 is 5.77. The largest absolute Gasteiger partial charge is 0.444 e. The molecule has 2 rings (SSSR count). The first-order valence-electron chi connectivity index (χ1n) is 5.95. The Balaban J connectivity index is 2.45. The molecule has 0 fully saturated rings. The van der Waals surface area contributed by atoms with Crippen LogP contribution in [0.4, 0.5) is 20.8 Å².